The Bertz CT molecular complexity index is 771. The summed E-state index contributed by atoms with van der Waals surface area (Å²) in [6.07, 6.45) is -4.78. The molecule has 0 amide bonds. The minimum atomic E-state index is -4.78. The number of hydrogen-bond acceptors (Lipinski definition) is 2. The van der Waals surface area contributed by atoms with Crippen LogP contribution >= 0.6 is 12.4 Å². The van der Waals surface area contributed by atoms with Crippen molar-refractivity contribution in [3.8, 4) is 5.75 Å². The third kappa shape index (κ3) is 6.67. The van der Waals surface area contributed by atoms with Gasteiger partial charge in [-0.1, -0.05) is 51.1 Å². The fourth-order valence-corrected chi connectivity index (χ4v) is 2.46. The maximum absolute atomic E-state index is 12.4. The van der Waals surface area contributed by atoms with Gasteiger partial charge in [-0.15, -0.1) is 25.6 Å². The average molecular weight is 402 g/mol. The van der Waals surface area contributed by atoms with Crippen molar-refractivity contribution >= 4 is 24.1 Å². The summed E-state index contributed by atoms with van der Waals surface area (Å²) in [7, 11) is 0. The lowest BCUT2D eigenvalue weighted by Gasteiger charge is -2.24. The minimum Gasteiger partial charge on any atom is -0.406 e. The van der Waals surface area contributed by atoms with E-state index in [1.807, 2.05) is 24.3 Å². The molecule has 0 radical (unpaired) electrons. The standard InChI is InChI=1S/C19H22F3N3O.ClH/c1-18(2,3)14-9-7-13(8-10-14)12-25(17(23)24)15-5-4-6-16(11-15)26-19(20,21)22;/h4-11H,12H2,1-3H3,(H3,23,24);1H. The number of benzene rings is 2. The van der Waals surface area contributed by atoms with E-state index >= 15 is 0 Å². The predicted molar refractivity (Wildman–Crippen MR) is 104 cm³/mol. The van der Waals surface area contributed by atoms with Crippen LogP contribution in [0.1, 0.15) is 31.9 Å². The minimum absolute atomic E-state index is 0. The van der Waals surface area contributed by atoms with Crippen LogP contribution in [-0.4, -0.2) is 12.3 Å². The smallest absolute Gasteiger partial charge is 0.406 e. The maximum Gasteiger partial charge on any atom is 0.573 e. The Hall–Kier alpha value is -2.41. The molecule has 0 fully saturated rings. The first kappa shape index (κ1) is 22.6. The van der Waals surface area contributed by atoms with Crippen LogP contribution in [-0.2, 0) is 12.0 Å². The third-order valence-corrected chi connectivity index (χ3v) is 3.81. The van der Waals surface area contributed by atoms with Gasteiger partial charge in [-0.25, -0.2) is 0 Å². The summed E-state index contributed by atoms with van der Waals surface area (Å²) in [5.74, 6) is -0.626. The molecule has 4 nitrogen and oxygen atoms in total. The van der Waals surface area contributed by atoms with Crippen molar-refractivity contribution < 1.29 is 17.9 Å². The number of nitrogens with zero attached hydrogens (tertiary/aromatic N) is 1. The van der Waals surface area contributed by atoms with E-state index in [-0.39, 0.29) is 36.1 Å². The molecular formula is C19H23ClF3N3O. The van der Waals surface area contributed by atoms with Crippen molar-refractivity contribution in [3.05, 3.63) is 59.7 Å². The van der Waals surface area contributed by atoms with Crippen molar-refractivity contribution in [3.63, 3.8) is 0 Å². The second-order valence-electron chi connectivity index (χ2n) is 6.96. The van der Waals surface area contributed by atoms with Crippen LogP contribution in [0, 0.1) is 5.41 Å². The molecule has 3 N–H and O–H groups in total. The van der Waals surface area contributed by atoms with E-state index in [1.165, 1.54) is 23.1 Å². The van der Waals surface area contributed by atoms with Gasteiger partial charge in [0.05, 0.1) is 6.54 Å². The number of alkyl halides is 3. The zero-order valence-electron chi connectivity index (χ0n) is 15.3. The molecule has 2 aromatic carbocycles. The van der Waals surface area contributed by atoms with Crippen LogP contribution < -0.4 is 15.4 Å². The van der Waals surface area contributed by atoms with Crippen LogP contribution in [0.15, 0.2) is 48.5 Å². The zero-order valence-corrected chi connectivity index (χ0v) is 16.1. The summed E-state index contributed by atoms with van der Waals surface area (Å²) < 4.78 is 41.2. The highest BCUT2D eigenvalue weighted by atomic mass is 35.5. The van der Waals surface area contributed by atoms with Crippen molar-refractivity contribution in [2.24, 2.45) is 5.73 Å². The second kappa shape index (κ2) is 8.52. The van der Waals surface area contributed by atoms with E-state index in [9.17, 15) is 13.2 Å². The Morgan fingerprint density at radius 2 is 1.67 bits per heavy atom. The zero-order chi connectivity index (χ0) is 19.5. The van der Waals surface area contributed by atoms with Crippen LogP contribution in [0.2, 0.25) is 0 Å². The van der Waals surface area contributed by atoms with E-state index in [0.29, 0.717) is 5.69 Å². The lowest BCUT2D eigenvalue weighted by Crippen LogP contribution is -2.36. The van der Waals surface area contributed by atoms with Crippen LogP contribution in [0.3, 0.4) is 0 Å². The molecule has 0 aliphatic heterocycles. The molecule has 27 heavy (non-hydrogen) atoms. The molecule has 0 aliphatic rings. The molecule has 0 atom stereocenters. The molecule has 0 heterocycles. The Kier molecular flexibility index (Phi) is 7.14. The number of hydrogen-bond donors (Lipinski definition) is 2. The highest BCUT2D eigenvalue weighted by Crippen LogP contribution is 2.28. The molecule has 2 aromatic rings. The molecule has 0 aliphatic carbocycles. The fourth-order valence-electron chi connectivity index (χ4n) is 2.46. The number of halogens is 4. The largest absolute Gasteiger partial charge is 0.573 e. The molecule has 0 saturated carbocycles. The highest BCUT2D eigenvalue weighted by Gasteiger charge is 2.31. The van der Waals surface area contributed by atoms with Gasteiger partial charge < -0.3 is 15.4 Å². The molecule has 148 valence electrons. The van der Waals surface area contributed by atoms with Crippen LogP contribution in [0.25, 0.3) is 0 Å². The topological polar surface area (TPSA) is 62.3 Å². The van der Waals surface area contributed by atoms with Gasteiger partial charge >= 0.3 is 6.36 Å². The van der Waals surface area contributed by atoms with Crippen LogP contribution in [0.5, 0.6) is 5.75 Å². The normalized spacial score (nSPS) is 11.5. The lowest BCUT2D eigenvalue weighted by molar-refractivity contribution is -0.274. The second-order valence-corrected chi connectivity index (χ2v) is 6.96. The summed E-state index contributed by atoms with van der Waals surface area (Å²) in [5, 5.41) is 7.77. The number of rotatable bonds is 4. The van der Waals surface area contributed by atoms with Gasteiger partial charge in [0.25, 0.3) is 0 Å². The molecule has 0 bridgehead atoms. The number of nitrogens with two attached hydrogens (primary N) is 1. The number of anilines is 1. The Labute approximate surface area is 163 Å². The predicted octanol–water partition coefficient (Wildman–Crippen LogP) is 5.20. The summed E-state index contributed by atoms with van der Waals surface area (Å²) in [4.78, 5) is 1.41. The van der Waals surface area contributed by atoms with E-state index in [2.05, 4.69) is 25.5 Å². The molecule has 0 aromatic heterocycles. The quantitative estimate of drug-likeness (QED) is 0.546. The summed E-state index contributed by atoms with van der Waals surface area (Å²) in [5.41, 5.74) is 8.05. The SMILES string of the molecule is CC(C)(C)c1ccc(CN(C(=N)N)c2cccc(OC(F)(F)F)c2)cc1.Cl. The average Bonchev–Trinajstić information content (AvgIpc) is 2.50. The Morgan fingerprint density at radius 1 is 1.07 bits per heavy atom. The molecule has 0 spiro atoms. The molecule has 0 unspecified atom stereocenters. The van der Waals surface area contributed by atoms with E-state index in [0.717, 1.165) is 11.1 Å². The van der Waals surface area contributed by atoms with Gasteiger partial charge in [0.1, 0.15) is 5.75 Å². The molecular weight excluding hydrogens is 379 g/mol. The van der Waals surface area contributed by atoms with Crippen molar-refractivity contribution in [2.75, 3.05) is 4.90 Å². The highest BCUT2D eigenvalue weighted by molar-refractivity contribution is 5.92. The number of guanidine groups is 1. The van der Waals surface area contributed by atoms with Gasteiger partial charge in [0.2, 0.25) is 0 Å². The lowest BCUT2D eigenvalue weighted by atomic mass is 9.87. The fraction of sp³-hybridized carbons (Fsp3) is 0.316. The molecule has 0 saturated heterocycles. The number of ether oxygens (including phenoxy) is 1. The van der Waals surface area contributed by atoms with Crippen molar-refractivity contribution in [1.29, 1.82) is 5.41 Å². The van der Waals surface area contributed by atoms with E-state index < -0.39 is 6.36 Å². The Morgan fingerprint density at radius 3 is 2.15 bits per heavy atom. The van der Waals surface area contributed by atoms with E-state index in [1.54, 1.807) is 6.07 Å². The first-order valence-electron chi connectivity index (χ1n) is 8.02. The van der Waals surface area contributed by atoms with Crippen molar-refractivity contribution in [1.82, 2.24) is 0 Å². The van der Waals surface area contributed by atoms with E-state index in [4.69, 9.17) is 11.1 Å². The summed E-state index contributed by atoms with van der Waals surface area (Å²) >= 11 is 0. The van der Waals surface area contributed by atoms with Gasteiger partial charge in [0.15, 0.2) is 5.96 Å². The molecule has 8 heteroatoms. The summed E-state index contributed by atoms with van der Waals surface area (Å²) in [6.45, 7) is 6.58. The first-order valence-corrected chi connectivity index (χ1v) is 8.02. The molecule has 2 rings (SSSR count). The first-order chi connectivity index (χ1) is 12.0. The van der Waals surface area contributed by atoms with Gasteiger partial charge in [-0.05, 0) is 28.7 Å². The Balaban J connectivity index is 0.00000364. The number of nitrogens with one attached hydrogen (secondary N) is 1. The monoisotopic (exact) mass is 401 g/mol. The maximum atomic E-state index is 12.4. The van der Waals surface area contributed by atoms with Crippen LogP contribution in [0.4, 0.5) is 18.9 Å². The summed E-state index contributed by atoms with van der Waals surface area (Å²) in [6, 6.07) is 13.3. The van der Waals surface area contributed by atoms with Gasteiger partial charge in [-0.2, -0.15) is 0 Å². The third-order valence-electron chi connectivity index (χ3n) is 3.81. The van der Waals surface area contributed by atoms with Gasteiger partial charge in [-0.3, -0.25) is 5.41 Å². The van der Waals surface area contributed by atoms with Crippen molar-refractivity contribution in [2.45, 2.75) is 39.1 Å². The van der Waals surface area contributed by atoms with Gasteiger partial charge in [0, 0.05) is 11.8 Å².